The Balaban J connectivity index is 1.74. The first-order chi connectivity index (χ1) is 10.1. The summed E-state index contributed by atoms with van der Waals surface area (Å²) >= 11 is 7.40. The molecular formula is C14H11ClN4OS. The molecule has 3 heterocycles. The maximum absolute atomic E-state index is 11.9. The van der Waals surface area contributed by atoms with Gasteiger partial charge < -0.3 is 9.88 Å². The van der Waals surface area contributed by atoms with Gasteiger partial charge in [0.05, 0.1) is 10.7 Å². The number of aromatic nitrogens is 3. The van der Waals surface area contributed by atoms with Gasteiger partial charge in [0.2, 0.25) is 0 Å². The quantitative estimate of drug-likeness (QED) is 0.804. The van der Waals surface area contributed by atoms with Gasteiger partial charge in [-0.1, -0.05) is 11.6 Å². The first kappa shape index (κ1) is 13.8. The van der Waals surface area contributed by atoms with Crippen molar-refractivity contribution in [2.24, 2.45) is 7.05 Å². The molecule has 0 aliphatic rings. The maximum Gasteiger partial charge on any atom is 0.276 e. The molecule has 0 radical (unpaired) electrons. The van der Waals surface area contributed by atoms with E-state index in [1.165, 1.54) is 11.3 Å². The zero-order chi connectivity index (χ0) is 14.8. The lowest BCUT2D eigenvalue weighted by molar-refractivity contribution is 0.102. The minimum atomic E-state index is -0.282. The second-order valence-electron chi connectivity index (χ2n) is 4.41. The van der Waals surface area contributed by atoms with Crippen molar-refractivity contribution < 1.29 is 4.79 Å². The summed E-state index contributed by atoms with van der Waals surface area (Å²) < 4.78 is 2.45. The molecule has 7 heteroatoms. The summed E-state index contributed by atoms with van der Waals surface area (Å²) in [4.78, 5) is 21.2. The van der Waals surface area contributed by atoms with Gasteiger partial charge in [-0.25, -0.2) is 9.97 Å². The third kappa shape index (κ3) is 3.12. The fraction of sp³-hybridized carbons (Fsp3) is 0.0714. The van der Waals surface area contributed by atoms with E-state index in [2.05, 4.69) is 15.3 Å². The highest BCUT2D eigenvalue weighted by atomic mass is 35.5. The molecule has 0 spiro atoms. The van der Waals surface area contributed by atoms with Crippen LogP contribution in [0.2, 0.25) is 4.34 Å². The second kappa shape index (κ2) is 5.67. The minimum Gasteiger partial charge on any atom is -0.340 e. The average Bonchev–Trinajstić information content (AvgIpc) is 3.08. The van der Waals surface area contributed by atoms with Crippen LogP contribution in [0.1, 0.15) is 10.5 Å². The van der Waals surface area contributed by atoms with Crippen molar-refractivity contribution in [1.82, 2.24) is 14.5 Å². The molecule has 0 saturated heterocycles. The van der Waals surface area contributed by atoms with Crippen molar-refractivity contribution >= 4 is 34.7 Å². The van der Waals surface area contributed by atoms with Crippen molar-refractivity contribution in [3.63, 3.8) is 0 Å². The summed E-state index contributed by atoms with van der Waals surface area (Å²) in [6.45, 7) is 0. The van der Waals surface area contributed by atoms with Gasteiger partial charge in [0.15, 0.2) is 0 Å². The van der Waals surface area contributed by atoms with Gasteiger partial charge in [0.1, 0.15) is 11.5 Å². The first-order valence-corrected chi connectivity index (χ1v) is 7.32. The maximum atomic E-state index is 11.9. The van der Waals surface area contributed by atoms with Crippen LogP contribution in [0.3, 0.4) is 0 Å². The number of rotatable bonds is 3. The highest BCUT2D eigenvalue weighted by Crippen LogP contribution is 2.30. The summed E-state index contributed by atoms with van der Waals surface area (Å²) in [5.41, 5.74) is 1.32. The summed E-state index contributed by atoms with van der Waals surface area (Å²) in [7, 11) is 1.81. The number of hydrogen-bond donors (Lipinski definition) is 1. The third-order valence-corrected chi connectivity index (χ3v) is 4.08. The molecule has 0 bridgehead atoms. The standard InChI is InChI=1S/C14H11ClN4OS/c1-19-7-10(17-8-19)14(20)18-13-5-2-9(6-16-13)11-3-4-12(15)21-11/h2-8H,1H3,(H,16,18,20). The number of nitrogens with one attached hydrogen (secondary N) is 1. The Hall–Kier alpha value is -2.18. The van der Waals surface area contributed by atoms with Gasteiger partial charge in [-0.15, -0.1) is 11.3 Å². The molecule has 5 nitrogen and oxygen atoms in total. The van der Waals surface area contributed by atoms with Gasteiger partial charge in [0.25, 0.3) is 5.91 Å². The van der Waals surface area contributed by atoms with Gasteiger partial charge in [-0.05, 0) is 24.3 Å². The van der Waals surface area contributed by atoms with Gasteiger partial charge >= 0.3 is 0 Å². The van der Waals surface area contributed by atoms with E-state index < -0.39 is 0 Å². The molecule has 0 unspecified atom stereocenters. The van der Waals surface area contributed by atoms with Crippen LogP contribution in [0.4, 0.5) is 5.82 Å². The van der Waals surface area contributed by atoms with E-state index in [0.29, 0.717) is 11.5 Å². The molecule has 0 aromatic carbocycles. The molecule has 3 aromatic heterocycles. The van der Waals surface area contributed by atoms with Crippen molar-refractivity contribution in [1.29, 1.82) is 0 Å². The molecule has 1 N–H and O–H groups in total. The van der Waals surface area contributed by atoms with Crippen LogP contribution in [-0.2, 0) is 7.05 Å². The van der Waals surface area contributed by atoms with Crippen LogP contribution < -0.4 is 5.32 Å². The van der Waals surface area contributed by atoms with Crippen molar-refractivity contribution in [3.05, 3.63) is 53.0 Å². The Morgan fingerprint density at radius 1 is 1.29 bits per heavy atom. The Morgan fingerprint density at radius 2 is 2.14 bits per heavy atom. The molecule has 1 amide bonds. The smallest absolute Gasteiger partial charge is 0.276 e. The summed E-state index contributed by atoms with van der Waals surface area (Å²) in [5, 5.41) is 2.71. The molecule has 21 heavy (non-hydrogen) atoms. The van der Waals surface area contributed by atoms with Crippen LogP contribution in [0, 0.1) is 0 Å². The molecule has 106 valence electrons. The van der Waals surface area contributed by atoms with Crippen LogP contribution >= 0.6 is 22.9 Å². The molecule has 0 aliphatic heterocycles. The minimum absolute atomic E-state index is 0.282. The zero-order valence-electron chi connectivity index (χ0n) is 11.1. The Labute approximate surface area is 130 Å². The molecular weight excluding hydrogens is 308 g/mol. The number of pyridine rings is 1. The highest BCUT2D eigenvalue weighted by Gasteiger charge is 2.10. The number of carbonyl (C=O) groups excluding carboxylic acids is 1. The number of thiophene rings is 1. The van der Waals surface area contributed by atoms with Gasteiger partial charge in [-0.3, -0.25) is 4.79 Å². The molecule has 0 aliphatic carbocycles. The first-order valence-electron chi connectivity index (χ1n) is 6.13. The van der Waals surface area contributed by atoms with E-state index in [-0.39, 0.29) is 5.91 Å². The predicted octanol–water partition coefficient (Wildman–Crippen LogP) is 3.45. The average molecular weight is 319 g/mol. The number of hydrogen-bond acceptors (Lipinski definition) is 4. The lowest BCUT2D eigenvalue weighted by Gasteiger charge is -2.03. The third-order valence-electron chi connectivity index (χ3n) is 2.80. The number of aryl methyl sites for hydroxylation is 1. The topological polar surface area (TPSA) is 59.8 Å². The lowest BCUT2D eigenvalue weighted by atomic mass is 10.2. The van der Waals surface area contributed by atoms with Crippen LogP contribution in [0.15, 0.2) is 43.0 Å². The molecule has 0 atom stereocenters. The van der Waals surface area contributed by atoms with Crippen molar-refractivity contribution in [3.8, 4) is 10.4 Å². The van der Waals surface area contributed by atoms with Crippen LogP contribution in [-0.4, -0.2) is 20.4 Å². The molecule has 3 rings (SSSR count). The van der Waals surface area contributed by atoms with Gasteiger partial charge in [0, 0.05) is 29.9 Å². The summed E-state index contributed by atoms with van der Waals surface area (Å²) in [6, 6.07) is 7.43. The molecule has 0 saturated carbocycles. The lowest BCUT2D eigenvalue weighted by Crippen LogP contribution is -2.13. The number of carbonyl (C=O) groups is 1. The summed E-state index contributed by atoms with van der Waals surface area (Å²) in [5.74, 6) is 0.201. The van der Waals surface area contributed by atoms with Crippen molar-refractivity contribution in [2.75, 3.05) is 5.32 Å². The molecule has 0 fully saturated rings. The Morgan fingerprint density at radius 3 is 2.71 bits per heavy atom. The predicted molar refractivity (Wildman–Crippen MR) is 83.7 cm³/mol. The van der Waals surface area contributed by atoms with E-state index in [0.717, 1.165) is 14.8 Å². The van der Waals surface area contributed by atoms with Gasteiger partial charge in [-0.2, -0.15) is 0 Å². The normalized spacial score (nSPS) is 10.6. The van der Waals surface area contributed by atoms with E-state index in [9.17, 15) is 4.79 Å². The molecule has 3 aromatic rings. The number of imidazole rings is 1. The largest absolute Gasteiger partial charge is 0.340 e. The SMILES string of the molecule is Cn1cnc(C(=O)Nc2ccc(-c3ccc(Cl)s3)cn2)c1. The van der Waals surface area contributed by atoms with E-state index in [1.54, 1.807) is 29.4 Å². The summed E-state index contributed by atoms with van der Waals surface area (Å²) in [6.07, 6.45) is 4.93. The second-order valence-corrected chi connectivity index (χ2v) is 6.13. The fourth-order valence-electron chi connectivity index (χ4n) is 1.79. The monoisotopic (exact) mass is 318 g/mol. The van der Waals surface area contributed by atoms with Crippen molar-refractivity contribution in [2.45, 2.75) is 0 Å². The van der Waals surface area contributed by atoms with E-state index in [1.807, 2.05) is 25.2 Å². The van der Waals surface area contributed by atoms with E-state index >= 15 is 0 Å². The van der Waals surface area contributed by atoms with Crippen LogP contribution in [0.5, 0.6) is 0 Å². The fourth-order valence-corrected chi connectivity index (χ4v) is 2.83. The van der Waals surface area contributed by atoms with E-state index in [4.69, 9.17) is 11.6 Å². The number of amides is 1. The zero-order valence-corrected chi connectivity index (χ0v) is 12.6. The number of nitrogens with zero attached hydrogens (tertiary/aromatic N) is 3. The number of anilines is 1. The number of halogens is 1. The Bertz CT molecular complexity index is 778. The highest BCUT2D eigenvalue weighted by molar-refractivity contribution is 7.19. The van der Waals surface area contributed by atoms with Crippen LogP contribution in [0.25, 0.3) is 10.4 Å². The Kier molecular flexibility index (Phi) is 3.72.